The molecule has 1 saturated heterocycles. The summed E-state index contributed by atoms with van der Waals surface area (Å²) in [7, 11) is 0. The van der Waals surface area contributed by atoms with Crippen molar-refractivity contribution in [2.24, 2.45) is 0 Å². The number of nitrogens with zero attached hydrogens (tertiary/aromatic N) is 6. The molecule has 0 bridgehead atoms. The molecule has 8 heteroatoms. The van der Waals surface area contributed by atoms with E-state index >= 15 is 0 Å². The van der Waals surface area contributed by atoms with Crippen molar-refractivity contribution in [3.63, 3.8) is 0 Å². The molecule has 7 nitrogen and oxygen atoms in total. The molecule has 2 heterocycles. The molecule has 1 fully saturated rings. The number of nitriles is 1. The Labute approximate surface area is 192 Å². The highest BCUT2D eigenvalue weighted by Gasteiger charge is 2.27. The van der Waals surface area contributed by atoms with Gasteiger partial charge >= 0.3 is 0 Å². The van der Waals surface area contributed by atoms with Crippen molar-refractivity contribution in [3.05, 3.63) is 66.2 Å². The Balaban J connectivity index is 1.33. The van der Waals surface area contributed by atoms with E-state index in [0.29, 0.717) is 31.9 Å². The highest BCUT2D eigenvalue weighted by Crippen LogP contribution is 2.25. The quantitative estimate of drug-likeness (QED) is 0.517. The smallest absolute Gasteiger partial charge is 0.233 e. The molecule has 0 N–H and O–H groups in total. The van der Waals surface area contributed by atoms with E-state index in [4.69, 9.17) is 0 Å². The summed E-state index contributed by atoms with van der Waals surface area (Å²) in [5, 5.41) is 19.1. The van der Waals surface area contributed by atoms with E-state index < -0.39 is 0 Å². The van der Waals surface area contributed by atoms with Gasteiger partial charge in [0.05, 0.1) is 11.8 Å². The van der Waals surface area contributed by atoms with Crippen LogP contribution in [0, 0.1) is 11.3 Å². The molecule has 1 aromatic heterocycles. The molecule has 0 radical (unpaired) electrons. The van der Waals surface area contributed by atoms with Crippen LogP contribution in [0.25, 0.3) is 11.4 Å². The van der Waals surface area contributed by atoms with Gasteiger partial charge in [0.2, 0.25) is 5.91 Å². The lowest BCUT2D eigenvalue weighted by atomic mass is 10.1. The standard InChI is InChI=1S/C24H26N6OS/c1-2-30-23(20-11-7-4-8-12-20)26-27-24(30)32-18-22(31)29-15-13-28(14-16-29)21(17-25)19-9-5-3-6-10-19/h3-12,21H,2,13-16,18H2,1H3. The van der Waals surface area contributed by atoms with Crippen molar-refractivity contribution in [2.75, 3.05) is 31.9 Å². The van der Waals surface area contributed by atoms with E-state index in [-0.39, 0.29) is 11.9 Å². The van der Waals surface area contributed by atoms with Crippen LogP contribution < -0.4 is 0 Å². The predicted octanol–water partition coefficient (Wildman–Crippen LogP) is 3.47. The minimum absolute atomic E-state index is 0.0924. The van der Waals surface area contributed by atoms with E-state index in [1.54, 1.807) is 0 Å². The third-order valence-electron chi connectivity index (χ3n) is 5.66. The van der Waals surface area contributed by atoms with E-state index in [1.807, 2.05) is 70.1 Å². The lowest BCUT2D eigenvalue weighted by molar-refractivity contribution is -0.130. The average molecular weight is 447 g/mol. The summed E-state index contributed by atoms with van der Waals surface area (Å²) >= 11 is 1.43. The molecule has 164 valence electrons. The number of carbonyl (C=O) groups excluding carboxylic acids is 1. The number of amides is 1. The maximum Gasteiger partial charge on any atom is 0.233 e. The molecule has 2 aromatic carbocycles. The van der Waals surface area contributed by atoms with Gasteiger partial charge in [-0.15, -0.1) is 10.2 Å². The van der Waals surface area contributed by atoms with Crippen molar-refractivity contribution in [1.82, 2.24) is 24.6 Å². The number of hydrogen-bond acceptors (Lipinski definition) is 6. The van der Waals surface area contributed by atoms with Gasteiger partial charge in [-0.05, 0) is 12.5 Å². The van der Waals surface area contributed by atoms with Crippen LogP contribution in [0.4, 0.5) is 0 Å². The summed E-state index contributed by atoms with van der Waals surface area (Å²) in [4.78, 5) is 16.9. The number of piperazine rings is 1. The minimum Gasteiger partial charge on any atom is -0.339 e. The van der Waals surface area contributed by atoms with Gasteiger partial charge in [-0.2, -0.15) is 5.26 Å². The Kier molecular flexibility index (Phi) is 7.20. The average Bonchev–Trinajstić information content (AvgIpc) is 3.27. The number of rotatable bonds is 7. The summed E-state index contributed by atoms with van der Waals surface area (Å²) in [6, 6.07) is 21.9. The summed E-state index contributed by atoms with van der Waals surface area (Å²) in [6.45, 7) is 5.42. The molecular weight excluding hydrogens is 420 g/mol. The Bertz CT molecular complexity index is 1070. The highest BCUT2D eigenvalue weighted by molar-refractivity contribution is 7.99. The molecule has 0 spiro atoms. The minimum atomic E-state index is -0.276. The molecule has 3 aromatic rings. The Morgan fingerprint density at radius 2 is 1.69 bits per heavy atom. The second-order valence-electron chi connectivity index (χ2n) is 7.56. The first-order valence-electron chi connectivity index (χ1n) is 10.8. The number of benzene rings is 2. The number of aromatic nitrogens is 3. The first-order valence-corrected chi connectivity index (χ1v) is 11.8. The van der Waals surface area contributed by atoms with E-state index in [0.717, 1.165) is 28.7 Å². The van der Waals surface area contributed by atoms with Crippen LogP contribution in [0.3, 0.4) is 0 Å². The van der Waals surface area contributed by atoms with Crippen molar-refractivity contribution in [2.45, 2.75) is 24.7 Å². The Morgan fingerprint density at radius 1 is 1.03 bits per heavy atom. The Hall–Kier alpha value is -3.15. The predicted molar refractivity (Wildman–Crippen MR) is 125 cm³/mol. The number of thioether (sulfide) groups is 1. The lowest BCUT2D eigenvalue weighted by Crippen LogP contribution is -2.50. The molecule has 0 aliphatic carbocycles. The van der Waals surface area contributed by atoms with Crippen LogP contribution >= 0.6 is 11.8 Å². The Morgan fingerprint density at radius 3 is 2.31 bits per heavy atom. The lowest BCUT2D eigenvalue weighted by Gasteiger charge is -2.37. The number of carbonyl (C=O) groups is 1. The molecule has 32 heavy (non-hydrogen) atoms. The maximum atomic E-state index is 12.8. The van der Waals surface area contributed by atoms with Crippen molar-refractivity contribution in [1.29, 1.82) is 5.26 Å². The van der Waals surface area contributed by atoms with Gasteiger partial charge in [0, 0.05) is 38.3 Å². The van der Waals surface area contributed by atoms with Crippen LogP contribution in [0.1, 0.15) is 18.5 Å². The number of hydrogen-bond donors (Lipinski definition) is 0. The normalized spacial score (nSPS) is 15.3. The van der Waals surface area contributed by atoms with Crippen LogP contribution in [0.2, 0.25) is 0 Å². The van der Waals surface area contributed by atoms with E-state index in [1.165, 1.54) is 11.8 Å². The van der Waals surface area contributed by atoms with Gasteiger partial charge in [-0.25, -0.2) is 0 Å². The molecule has 1 aliphatic rings. The third kappa shape index (κ3) is 4.85. The van der Waals surface area contributed by atoms with Crippen molar-refractivity contribution in [3.8, 4) is 17.5 Å². The van der Waals surface area contributed by atoms with Gasteiger partial charge in [0.25, 0.3) is 0 Å². The molecule has 1 aliphatic heterocycles. The topological polar surface area (TPSA) is 78.0 Å². The van der Waals surface area contributed by atoms with Gasteiger partial charge in [-0.3, -0.25) is 9.69 Å². The van der Waals surface area contributed by atoms with E-state index in [2.05, 4.69) is 28.1 Å². The van der Waals surface area contributed by atoms with Gasteiger partial charge in [-0.1, -0.05) is 72.4 Å². The maximum absolute atomic E-state index is 12.8. The van der Waals surface area contributed by atoms with Crippen molar-refractivity contribution >= 4 is 17.7 Å². The fraction of sp³-hybridized carbons (Fsp3) is 0.333. The largest absolute Gasteiger partial charge is 0.339 e. The zero-order valence-electron chi connectivity index (χ0n) is 18.1. The monoisotopic (exact) mass is 446 g/mol. The molecule has 0 saturated carbocycles. The molecule has 1 atom stereocenters. The van der Waals surface area contributed by atoms with Gasteiger partial charge in [0.15, 0.2) is 11.0 Å². The summed E-state index contributed by atoms with van der Waals surface area (Å²) in [5.74, 6) is 1.24. The second-order valence-corrected chi connectivity index (χ2v) is 8.51. The van der Waals surface area contributed by atoms with Crippen LogP contribution in [-0.4, -0.2) is 62.4 Å². The zero-order valence-corrected chi connectivity index (χ0v) is 18.9. The van der Waals surface area contributed by atoms with Gasteiger partial charge in [0.1, 0.15) is 6.04 Å². The fourth-order valence-corrected chi connectivity index (χ4v) is 4.84. The van der Waals surface area contributed by atoms with Gasteiger partial charge < -0.3 is 9.47 Å². The third-order valence-corrected chi connectivity index (χ3v) is 6.61. The summed E-state index contributed by atoms with van der Waals surface area (Å²) in [6.07, 6.45) is 0. The first kappa shape index (κ1) is 22.1. The van der Waals surface area contributed by atoms with E-state index in [9.17, 15) is 10.1 Å². The summed E-state index contributed by atoms with van der Waals surface area (Å²) in [5.41, 5.74) is 2.01. The molecule has 1 amide bonds. The summed E-state index contributed by atoms with van der Waals surface area (Å²) < 4.78 is 2.04. The van der Waals surface area contributed by atoms with Crippen LogP contribution in [-0.2, 0) is 11.3 Å². The SMILES string of the molecule is CCn1c(SCC(=O)N2CCN(C(C#N)c3ccccc3)CC2)nnc1-c1ccccc1. The zero-order chi connectivity index (χ0) is 22.3. The molecule has 1 unspecified atom stereocenters. The first-order chi connectivity index (χ1) is 15.7. The highest BCUT2D eigenvalue weighted by atomic mass is 32.2. The van der Waals surface area contributed by atoms with Crippen LogP contribution in [0.15, 0.2) is 65.8 Å². The van der Waals surface area contributed by atoms with Crippen LogP contribution in [0.5, 0.6) is 0 Å². The molecule has 4 rings (SSSR count). The van der Waals surface area contributed by atoms with Crippen molar-refractivity contribution < 1.29 is 4.79 Å². The second kappa shape index (κ2) is 10.4. The molecular formula is C24H26N6OS. The fourth-order valence-electron chi connectivity index (χ4n) is 3.93.